The second-order valence-electron chi connectivity index (χ2n) is 10.5. The number of benzene rings is 1. The third-order valence-electron chi connectivity index (χ3n) is 7.89. The zero-order chi connectivity index (χ0) is 22.9. The molecule has 0 saturated heterocycles. The molecule has 0 heterocycles. The van der Waals surface area contributed by atoms with Crippen LogP contribution in [0.2, 0.25) is 0 Å². The van der Waals surface area contributed by atoms with Crippen molar-refractivity contribution in [3.05, 3.63) is 47.0 Å². The van der Waals surface area contributed by atoms with Crippen molar-refractivity contribution >= 4 is 5.97 Å². The van der Waals surface area contributed by atoms with Crippen molar-refractivity contribution in [1.82, 2.24) is 0 Å². The van der Waals surface area contributed by atoms with Crippen molar-refractivity contribution in [2.24, 2.45) is 23.7 Å². The van der Waals surface area contributed by atoms with Crippen LogP contribution in [0, 0.1) is 23.7 Å². The highest BCUT2D eigenvalue weighted by atomic mass is 16.5. The van der Waals surface area contributed by atoms with Crippen molar-refractivity contribution < 1.29 is 14.6 Å². The van der Waals surface area contributed by atoms with E-state index in [1.165, 1.54) is 76.2 Å². The fourth-order valence-electron chi connectivity index (χ4n) is 5.85. The van der Waals surface area contributed by atoms with Crippen molar-refractivity contribution in [2.75, 3.05) is 13.2 Å². The Kier molecular flexibility index (Phi) is 9.84. The van der Waals surface area contributed by atoms with Gasteiger partial charge in [0.1, 0.15) is 0 Å². The van der Waals surface area contributed by atoms with Gasteiger partial charge in [-0.25, -0.2) is 4.79 Å². The SMILES string of the molecule is C=C(C)C(=O)OCC(CO)CC1CCC(C2CCc3cc(CCCCC)ccc3C2)CC1. The molecule has 0 amide bonds. The quantitative estimate of drug-likeness (QED) is 0.244. The molecule has 3 rings (SSSR count). The predicted molar refractivity (Wildman–Crippen MR) is 132 cm³/mol. The monoisotopic (exact) mass is 440 g/mol. The van der Waals surface area contributed by atoms with E-state index in [-0.39, 0.29) is 18.5 Å². The first-order valence-corrected chi connectivity index (χ1v) is 13.0. The molecule has 3 nitrogen and oxygen atoms in total. The molecule has 32 heavy (non-hydrogen) atoms. The standard InChI is InChI=1S/C29H44O3/c1-4-5-6-7-22-10-13-28-18-27(15-14-26(28)17-22)25-11-8-23(9-12-25)16-24(19-30)20-32-29(31)21(2)3/h10,13,17,23-25,27,30H,2,4-9,11-12,14-16,18-20H2,1,3H3. The van der Waals surface area contributed by atoms with E-state index in [4.69, 9.17) is 4.74 Å². The molecule has 0 radical (unpaired) electrons. The maximum Gasteiger partial charge on any atom is 0.333 e. The molecule has 0 aromatic heterocycles. The Balaban J connectivity index is 1.43. The molecular weight excluding hydrogens is 396 g/mol. The maximum atomic E-state index is 11.6. The van der Waals surface area contributed by atoms with Crippen LogP contribution in [0.1, 0.15) is 88.3 Å². The molecule has 1 N–H and O–H groups in total. The molecule has 2 unspecified atom stereocenters. The van der Waals surface area contributed by atoms with E-state index in [0.717, 1.165) is 18.3 Å². The van der Waals surface area contributed by atoms with Crippen LogP contribution >= 0.6 is 0 Å². The Morgan fingerprint density at radius 2 is 1.91 bits per heavy atom. The van der Waals surface area contributed by atoms with Gasteiger partial charge in [0.2, 0.25) is 0 Å². The van der Waals surface area contributed by atoms with Crippen molar-refractivity contribution in [2.45, 2.75) is 90.9 Å². The molecule has 2 aliphatic carbocycles. The molecular formula is C29H44O3. The van der Waals surface area contributed by atoms with E-state index in [9.17, 15) is 9.90 Å². The first-order valence-electron chi connectivity index (χ1n) is 13.0. The highest BCUT2D eigenvalue weighted by Crippen LogP contribution is 2.41. The summed E-state index contributed by atoms with van der Waals surface area (Å²) in [5, 5.41) is 9.72. The summed E-state index contributed by atoms with van der Waals surface area (Å²) in [6, 6.07) is 7.30. The lowest BCUT2D eigenvalue weighted by Crippen LogP contribution is -2.28. The fourth-order valence-corrected chi connectivity index (χ4v) is 5.85. The molecule has 1 saturated carbocycles. The summed E-state index contributed by atoms with van der Waals surface area (Å²) in [6.07, 6.45) is 15.1. The smallest absolute Gasteiger partial charge is 0.333 e. The number of fused-ring (bicyclic) bond motifs is 1. The molecule has 1 aromatic carbocycles. The van der Waals surface area contributed by atoms with Crippen molar-refractivity contribution in [3.8, 4) is 0 Å². The zero-order valence-corrected chi connectivity index (χ0v) is 20.4. The summed E-state index contributed by atoms with van der Waals surface area (Å²) in [5.74, 6) is 2.02. The summed E-state index contributed by atoms with van der Waals surface area (Å²) < 4.78 is 5.28. The molecule has 0 spiro atoms. The van der Waals surface area contributed by atoms with Gasteiger partial charge in [0.25, 0.3) is 0 Å². The number of rotatable bonds is 11. The van der Waals surface area contributed by atoms with Crippen LogP contribution in [0.5, 0.6) is 0 Å². The average Bonchev–Trinajstić information content (AvgIpc) is 2.81. The van der Waals surface area contributed by atoms with Gasteiger partial charge in [-0.2, -0.15) is 0 Å². The predicted octanol–water partition coefficient (Wildman–Crippen LogP) is 6.45. The van der Waals surface area contributed by atoms with Gasteiger partial charge in [-0.1, -0.05) is 57.4 Å². The van der Waals surface area contributed by atoms with Gasteiger partial charge < -0.3 is 9.84 Å². The number of hydrogen-bond acceptors (Lipinski definition) is 3. The third kappa shape index (κ3) is 7.20. The lowest BCUT2D eigenvalue weighted by Gasteiger charge is -2.37. The maximum absolute atomic E-state index is 11.6. The second-order valence-corrected chi connectivity index (χ2v) is 10.5. The molecule has 1 fully saturated rings. The summed E-state index contributed by atoms with van der Waals surface area (Å²) in [5.41, 5.74) is 5.16. The minimum absolute atomic E-state index is 0.0490. The number of unbranched alkanes of at least 4 members (excludes halogenated alkanes) is 2. The van der Waals surface area contributed by atoms with Gasteiger partial charge in [-0.3, -0.25) is 0 Å². The Labute approximate surface area is 195 Å². The highest BCUT2D eigenvalue weighted by molar-refractivity contribution is 5.86. The van der Waals surface area contributed by atoms with Crippen molar-refractivity contribution in [3.63, 3.8) is 0 Å². The van der Waals surface area contributed by atoms with Crippen LogP contribution in [0.3, 0.4) is 0 Å². The van der Waals surface area contributed by atoms with E-state index in [0.29, 0.717) is 18.1 Å². The number of ether oxygens (including phenoxy) is 1. The van der Waals surface area contributed by atoms with Crippen LogP contribution in [0.25, 0.3) is 0 Å². The Morgan fingerprint density at radius 3 is 2.59 bits per heavy atom. The van der Waals surface area contributed by atoms with E-state index < -0.39 is 0 Å². The molecule has 1 aromatic rings. The average molecular weight is 441 g/mol. The third-order valence-corrected chi connectivity index (χ3v) is 7.89. The largest absolute Gasteiger partial charge is 0.462 e. The lowest BCUT2D eigenvalue weighted by atomic mass is 9.68. The van der Waals surface area contributed by atoms with Gasteiger partial charge in [0.15, 0.2) is 0 Å². The molecule has 2 atom stereocenters. The minimum Gasteiger partial charge on any atom is -0.462 e. The van der Waals surface area contributed by atoms with Crippen LogP contribution in [0.4, 0.5) is 0 Å². The first kappa shape index (κ1) is 25.0. The van der Waals surface area contributed by atoms with Crippen LogP contribution in [0.15, 0.2) is 30.4 Å². The van der Waals surface area contributed by atoms with Crippen molar-refractivity contribution in [1.29, 1.82) is 0 Å². The van der Waals surface area contributed by atoms with Gasteiger partial charge in [-0.15, -0.1) is 0 Å². The van der Waals surface area contributed by atoms with Crippen LogP contribution in [-0.4, -0.2) is 24.3 Å². The molecule has 3 heteroatoms. The first-order chi connectivity index (χ1) is 15.5. The number of hydrogen-bond donors (Lipinski definition) is 1. The molecule has 0 aliphatic heterocycles. The highest BCUT2D eigenvalue weighted by Gasteiger charge is 2.31. The molecule has 2 aliphatic rings. The van der Waals surface area contributed by atoms with E-state index in [2.05, 4.69) is 31.7 Å². The van der Waals surface area contributed by atoms with Gasteiger partial charge in [-0.05, 0) is 92.7 Å². The number of carbonyl (C=O) groups is 1. The Morgan fingerprint density at radius 1 is 1.12 bits per heavy atom. The van der Waals surface area contributed by atoms with E-state index in [1.807, 2.05) is 0 Å². The Bertz CT molecular complexity index is 745. The van der Waals surface area contributed by atoms with E-state index >= 15 is 0 Å². The van der Waals surface area contributed by atoms with Crippen LogP contribution in [-0.2, 0) is 28.8 Å². The van der Waals surface area contributed by atoms with Crippen LogP contribution < -0.4 is 0 Å². The second kappa shape index (κ2) is 12.6. The number of aliphatic hydroxyl groups is 1. The lowest BCUT2D eigenvalue weighted by molar-refractivity contribution is -0.140. The van der Waals surface area contributed by atoms with E-state index in [1.54, 1.807) is 18.1 Å². The van der Waals surface area contributed by atoms with Gasteiger partial charge in [0.05, 0.1) is 6.61 Å². The summed E-state index contributed by atoms with van der Waals surface area (Å²) in [4.78, 5) is 11.6. The fraction of sp³-hybridized carbons (Fsp3) is 0.690. The normalized spacial score (nSPS) is 23.9. The molecule has 178 valence electrons. The van der Waals surface area contributed by atoms with Gasteiger partial charge in [0, 0.05) is 18.1 Å². The summed E-state index contributed by atoms with van der Waals surface area (Å²) >= 11 is 0. The zero-order valence-electron chi connectivity index (χ0n) is 20.4. The van der Waals surface area contributed by atoms with Gasteiger partial charge >= 0.3 is 5.97 Å². The number of aryl methyl sites for hydroxylation is 2. The summed E-state index contributed by atoms with van der Waals surface area (Å²) in [7, 11) is 0. The topological polar surface area (TPSA) is 46.5 Å². The summed E-state index contributed by atoms with van der Waals surface area (Å²) in [6.45, 7) is 7.95. The number of esters is 1. The number of aliphatic hydroxyl groups excluding tert-OH is 1. The minimum atomic E-state index is -0.349. The number of carbonyl (C=O) groups excluding carboxylic acids is 1. The Hall–Kier alpha value is -1.61. The molecule has 0 bridgehead atoms.